The van der Waals surface area contributed by atoms with Gasteiger partial charge in [-0.15, -0.1) is 10.2 Å². The lowest BCUT2D eigenvalue weighted by atomic mass is 10.1. The van der Waals surface area contributed by atoms with Crippen molar-refractivity contribution in [1.29, 1.82) is 0 Å². The number of ether oxygens (including phenoxy) is 1. The van der Waals surface area contributed by atoms with Crippen LogP contribution in [0.15, 0.2) is 67.4 Å². The molecule has 2 aromatic carbocycles. The Labute approximate surface area is 159 Å². The molecule has 0 N–H and O–H groups in total. The molecule has 4 rings (SSSR count). The van der Waals surface area contributed by atoms with E-state index in [9.17, 15) is 4.79 Å². The Morgan fingerprint density at radius 3 is 2.78 bits per heavy atom. The van der Waals surface area contributed by atoms with Gasteiger partial charge in [0.2, 0.25) is 5.89 Å². The first kappa shape index (κ1) is 17.4. The Hall–Kier alpha value is -3.06. The van der Waals surface area contributed by atoms with Crippen molar-refractivity contribution in [1.82, 2.24) is 10.2 Å². The molecule has 0 aliphatic carbocycles. The van der Waals surface area contributed by atoms with Crippen molar-refractivity contribution >= 4 is 22.7 Å². The highest BCUT2D eigenvalue weighted by atomic mass is 32.2. The van der Waals surface area contributed by atoms with Gasteiger partial charge in [-0.25, -0.2) is 4.79 Å². The summed E-state index contributed by atoms with van der Waals surface area (Å²) in [5, 5.41) is 9.49. The fourth-order valence-corrected chi connectivity index (χ4v) is 3.51. The van der Waals surface area contributed by atoms with Crippen LogP contribution in [0.25, 0.3) is 22.4 Å². The molecule has 4 aromatic rings. The van der Waals surface area contributed by atoms with Crippen LogP contribution in [0.5, 0.6) is 5.75 Å². The van der Waals surface area contributed by atoms with Crippen LogP contribution in [-0.4, -0.2) is 17.3 Å². The molecule has 136 valence electrons. The highest BCUT2D eigenvalue weighted by Gasteiger charge is 2.12. The molecule has 0 amide bonds. The maximum Gasteiger partial charge on any atom is 0.336 e. The second-order valence-corrected chi connectivity index (χ2v) is 6.91. The lowest BCUT2D eigenvalue weighted by molar-refractivity contribution is 0.414. The first-order valence-corrected chi connectivity index (χ1v) is 9.25. The molecule has 7 heteroatoms. The zero-order valence-corrected chi connectivity index (χ0v) is 15.6. The SMILES string of the molecule is COc1ccc2c(CSc3nnc(-c4cccc(C)c4)o3)cc(=O)oc2c1. The Balaban J connectivity index is 1.58. The normalized spacial score (nSPS) is 11.0. The summed E-state index contributed by atoms with van der Waals surface area (Å²) < 4.78 is 16.2. The lowest BCUT2D eigenvalue weighted by Crippen LogP contribution is -2.00. The average Bonchev–Trinajstić information content (AvgIpc) is 3.14. The van der Waals surface area contributed by atoms with E-state index in [4.69, 9.17) is 13.6 Å². The number of methoxy groups -OCH3 is 1. The summed E-state index contributed by atoms with van der Waals surface area (Å²) >= 11 is 1.37. The summed E-state index contributed by atoms with van der Waals surface area (Å²) in [6, 6.07) is 14.8. The molecule has 0 radical (unpaired) electrons. The third-order valence-corrected chi connectivity index (χ3v) is 4.93. The molecule has 0 atom stereocenters. The summed E-state index contributed by atoms with van der Waals surface area (Å²) in [5.41, 5.74) is 2.93. The number of hydrogen-bond acceptors (Lipinski definition) is 7. The van der Waals surface area contributed by atoms with Gasteiger partial charge in [-0.2, -0.15) is 0 Å². The number of nitrogens with zero attached hydrogens (tertiary/aromatic N) is 2. The Morgan fingerprint density at radius 1 is 1.07 bits per heavy atom. The van der Waals surface area contributed by atoms with Crippen LogP contribution in [-0.2, 0) is 5.75 Å². The number of hydrogen-bond donors (Lipinski definition) is 0. The van der Waals surface area contributed by atoms with Crippen LogP contribution in [0.4, 0.5) is 0 Å². The van der Waals surface area contributed by atoms with E-state index >= 15 is 0 Å². The zero-order chi connectivity index (χ0) is 18.8. The number of rotatable bonds is 5. The summed E-state index contributed by atoms with van der Waals surface area (Å²) in [4.78, 5) is 11.9. The van der Waals surface area contributed by atoms with Gasteiger partial charge in [0.1, 0.15) is 11.3 Å². The van der Waals surface area contributed by atoms with Gasteiger partial charge in [0, 0.05) is 28.8 Å². The van der Waals surface area contributed by atoms with Crippen molar-refractivity contribution in [3.63, 3.8) is 0 Å². The van der Waals surface area contributed by atoms with E-state index in [1.807, 2.05) is 43.3 Å². The van der Waals surface area contributed by atoms with Crippen LogP contribution in [0, 0.1) is 6.92 Å². The molecule has 0 aliphatic heterocycles. The number of thioether (sulfide) groups is 1. The molecule has 0 saturated heterocycles. The molecule has 6 nitrogen and oxygen atoms in total. The van der Waals surface area contributed by atoms with Crippen molar-refractivity contribution < 1.29 is 13.6 Å². The Morgan fingerprint density at radius 2 is 1.96 bits per heavy atom. The number of aryl methyl sites for hydroxylation is 1. The minimum Gasteiger partial charge on any atom is -0.497 e. The van der Waals surface area contributed by atoms with E-state index in [-0.39, 0.29) is 0 Å². The van der Waals surface area contributed by atoms with E-state index < -0.39 is 5.63 Å². The van der Waals surface area contributed by atoms with Crippen molar-refractivity contribution in [2.24, 2.45) is 0 Å². The third-order valence-electron chi connectivity index (χ3n) is 4.06. The highest BCUT2D eigenvalue weighted by Crippen LogP contribution is 2.29. The quantitative estimate of drug-likeness (QED) is 0.374. The van der Waals surface area contributed by atoms with Crippen LogP contribution >= 0.6 is 11.8 Å². The van der Waals surface area contributed by atoms with E-state index in [0.29, 0.717) is 28.2 Å². The van der Waals surface area contributed by atoms with Crippen LogP contribution in [0.2, 0.25) is 0 Å². The number of aromatic nitrogens is 2. The second kappa shape index (κ2) is 7.28. The summed E-state index contributed by atoms with van der Waals surface area (Å²) in [5.74, 6) is 1.61. The van der Waals surface area contributed by atoms with Gasteiger partial charge in [-0.3, -0.25) is 0 Å². The molecule has 27 heavy (non-hydrogen) atoms. The fourth-order valence-electron chi connectivity index (χ4n) is 2.76. The van der Waals surface area contributed by atoms with Crippen LogP contribution < -0.4 is 10.4 Å². The van der Waals surface area contributed by atoms with E-state index in [1.165, 1.54) is 17.8 Å². The highest BCUT2D eigenvalue weighted by molar-refractivity contribution is 7.98. The van der Waals surface area contributed by atoms with Gasteiger partial charge in [-0.1, -0.05) is 29.5 Å². The minimum atomic E-state index is -0.405. The van der Waals surface area contributed by atoms with Crippen LogP contribution in [0.1, 0.15) is 11.1 Å². The molecule has 0 fully saturated rings. The van der Waals surface area contributed by atoms with Gasteiger partial charge in [0.25, 0.3) is 5.22 Å². The van der Waals surface area contributed by atoms with E-state index in [1.54, 1.807) is 13.2 Å². The molecule has 2 heterocycles. The van der Waals surface area contributed by atoms with Crippen molar-refractivity contribution in [2.75, 3.05) is 7.11 Å². The number of benzene rings is 2. The van der Waals surface area contributed by atoms with Gasteiger partial charge in [-0.05, 0) is 36.8 Å². The molecule has 0 unspecified atom stereocenters. The minimum absolute atomic E-state index is 0.405. The van der Waals surface area contributed by atoms with Crippen molar-refractivity contribution in [3.8, 4) is 17.2 Å². The molecular formula is C20H16N2O4S. The summed E-state index contributed by atoms with van der Waals surface area (Å²) in [7, 11) is 1.57. The first-order valence-electron chi connectivity index (χ1n) is 8.26. The Kier molecular flexibility index (Phi) is 4.68. The average molecular weight is 380 g/mol. The van der Waals surface area contributed by atoms with E-state index in [0.717, 1.165) is 22.1 Å². The van der Waals surface area contributed by atoms with Gasteiger partial charge in [0.05, 0.1) is 7.11 Å². The second-order valence-electron chi connectivity index (χ2n) is 5.98. The third kappa shape index (κ3) is 3.73. The fraction of sp³-hybridized carbons (Fsp3) is 0.150. The van der Waals surface area contributed by atoms with Crippen LogP contribution in [0.3, 0.4) is 0 Å². The monoisotopic (exact) mass is 380 g/mol. The maximum absolute atomic E-state index is 11.9. The topological polar surface area (TPSA) is 78.4 Å². The molecule has 0 bridgehead atoms. The van der Waals surface area contributed by atoms with Gasteiger partial charge < -0.3 is 13.6 Å². The largest absolute Gasteiger partial charge is 0.497 e. The van der Waals surface area contributed by atoms with Crippen molar-refractivity contribution in [2.45, 2.75) is 17.9 Å². The molecule has 2 aromatic heterocycles. The molecule has 0 aliphatic rings. The zero-order valence-electron chi connectivity index (χ0n) is 14.8. The number of fused-ring (bicyclic) bond motifs is 1. The predicted molar refractivity (Wildman–Crippen MR) is 103 cm³/mol. The smallest absolute Gasteiger partial charge is 0.336 e. The predicted octanol–water partition coefficient (Wildman–Crippen LogP) is 4.45. The summed E-state index contributed by atoms with van der Waals surface area (Å²) in [6.07, 6.45) is 0. The van der Waals surface area contributed by atoms with E-state index in [2.05, 4.69) is 10.2 Å². The summed E-state index contributed by atoms with van der Waals surface area (Å²) in [6.45, 7) is 2.01. The lowest BCUT2D eigenvalue weighted by Gasteiger charge is -2.05. The molecule has 0 saturated carbocycles. The first-order chi connectivity index (χ1) is 13.1. The van der Waals surface area contributed by atoms with Crippen molar-refractivity contribution in [3.05, 3.63) is 70.1 Å². The maximum atomic E-state index is 11.9. The Bertz CT molecular complexity index is 1170. The molecule has 0 spiro atoms. The van der Waals surface area contributed by atoms with Gasteiger partial charge in [0.15, 0.2) is 0 Å². The molecular weight excluding hydrogens is 364 g/mol. The van der Waals surface area contributed by atoms with Gasteiger partial charge >= 0.3 is 5.63 Å². The standard InChI is InChI=1S/C20H16N2O4S/c1-12-4-3-5-13(8-12)19-21-22-20(26-19)27-11-14-9-18(23)25-17-10-15(24-2)6-7-16(14)17/h3-10H,11H2,1-2H3.